The summed E-state index contributed by atoms with van der Waals surface area (Å²) in [6.45, 7) is -0.0866. The number of oxazole rings is 1. The van der Waals surface area contributed by atoms with Gasteiger partial charge in [0.1, 0.15) is 5.52 Å². The average Bonchev–Trinajstić information content (AvgIpc) is 2.89. The summed E-state index contributed by atoms with van der Waals surface area (Å²) in [5.74, 6) is 0.135. The molecule has 0 atom stereocenters. The van der Waals surface area contributed by atoms with Gasteiger partial charge in [-0.3, -0.25) is 4.79 Å². The van der Waals surface area contributed by atoms with Gasteiger partial charge in [-0.2, -0.15) is 0 Å². The van der Waals surface area contributed by atoms with Crippen molar-refractivity contribution in [3.63, 3.8) is 0 Å². The van der Waals surface area contributed by atoms with Gasteiger partial charge in [-0.15, -0.1) is 0 Å². The number of hydrogen-bond donors (Lipinski definition) is 2. The maximum absolute atomic E-state index is 11.9. The van der Waals surface area contributed by atoms with E-state index in [4.69, 9.17) is 15.9 Å². The molecule has 0 radical (unpaired) electrons. The van der Waals surface area contributed by atoms with Crippen LogP contribution in [0.15, 0.2) is 46.9 Å². The molecule has 5 nitrogen and oxygen atoms in total. The molecule has 0 fully saturated rings. The Balaban J connectivity index is 2.25. The van der Waals surface area contributed by atoms with Gasteiger partial charge in [0.25, 0.3) is 0 Å². The summed E-state index contributed by atoms with van der Waals surface area (Å²) in [6, 6.07) is 12.5. The van der Waals surface area contributed by atoms with Crippen LogP contribution in [0.5, 0.6) is 0 Å². The topological polar surface area (TPSA) is 95.1 Å². The van der Waals surface area contributed by atoms with Gasteiger partial charge in [-0.1, -0.05) is 24.3 Å². The predicted octanol–water partition coefficient (Wildman–Crippen LogP) is 2.22. The molecule has 0 unspecified atom stereocenters. The van der Waals surface area contributed by atoms with Crippen molar-refractivity contribution in [3.05, 3.63) is 48.0 Å². The van der Waals surface area contributed by atoms with Crippen molar-refractivity contribution >= 4 is 22.6 Å². The lowest BCUT2D eigenvalue weighted by atomic mass is 10.0. The number of carbonyl (C=O) groups is 1. The third kappa shape index (κ3) is 1.94. The summed E-state index contributed by atoms with van der Waals surface area (Å²) in [5, 5.41) is 0. The molecule has 5 heteroatoms. The smallest absolute Gasteiger partial charge is 0.230 e. The summed E-state index contributed by atoms with van der Waals surface area (Å²) in [5.41, 5.74) is 14.1. The van der Waals surface area contributed by atoms with Crippen LogP contribution in [-0.2, 0) is 0 Å². The van der Waals surface area contributed by atoms with Gasteiger partial charge in [0.15, 0.2) is 11.4 Å². The van der Waals surface area contributed by atoms with Crippen LogP contribution in [-0.4, -0.2) is 17.3 Å². The number of ketones is 1. The lowest BCUT2D eigenvalue weighted by Gasteiger charge is -2.07. The molecule has 0 spiro atoms. The number of nitrogens with zero attached hydrogens (tertiary/aromatic N) is 1. The fraction of sp³-hybridized carbons (Fsp3) is 0.0667. The highest BCUT2D eigenvalue weighted by Crippen LogP contribution is 2.31. The minimum Gasteiger partial charge on any atom is -0.436 e. The molecule has 0 saturated carbocycles. The molecule has 0 aliphatic carbocycles. The van der Waals surface area contributed by atoms with Crippen molar-refractivity contribution in [1.82, 2.24) is 4.98 Å². The third-order valence-corrected chi connectivity index (χ3v) is 3.09. The van der Waals surface area contributed by atoms with Crippen molar-refractivity contribution in [2.24, 2.45) is 5.73 Å². The second-order valence-corrected chi connectivity index (χ2v) is 4.38. The minimum atomic E-state index is -0.199. The van der Waals surface area contributed by atoms with Crippen LogP contribution in [0.2, 0.25) is 0 Å². The third-order valence-electron chi connectivity index (χ3n) is 3.09. The summed E-state index contributed by atoms with van der Waals surface area (Å²) >= 11 is 0. The zero-order valence-electron chi connectivity index (χ0n) is 10.7. The van der Waals surface area contributed by atoms with Crippen LogP contribution in [0.25, 0.3) is 22.6 Å². The highest BCUT2D eigenvalue weighted by Gasteiger charge is 2.18. The first-order chi connectivity index (χ1) is 9.70. The number of aromatic nitrogens is 1. The maximum atomic E-state index is 11.9. The van der Waals surface area contributed by atoms with E-state index in [1.165, 1.54) is 0 Å². The Morgan fingerprint density at radius 1 is 1.15 bits per heavy atom. The molecule has 3 aromatic rings. The number of hydrogen-bond acceptors (Lipinski definition) is 5. The van der Waals surface area contributed by atoms with Crippen molar-refractivity contribution in [2.45, 2.75) is 0 Å². The van der Waals surface area contributed by atoms with Crippen molar-refractivity contribution in [2.75, 3.05) is 12.3 Å². The number of para-hydroxylation sites is 2. The molecule has 20 heavy (non-hydrogen) atoms. The van der Waals surface area contributed by atoms with E-state index in [1.54, 1.807) is 18.2 Å². The van der Waals surface area contributed by atoms with Gasteiger partial charge in [0.2, 0.25) is 5.89 Å². The van der Waals surface area contributed by atoms with Crippen LogP contribution in [0.1, 0.15) is 10.4 Å². The number of fused-ring (bicyclic) bond motifs is 1. The number of carbonyl (C=O) groups excluding carboxylic acids is 1. The van der Waals surface area contributed by atoms with Crippen LogP contribution in [0, 0.1) is 0 Å². The lowest BCUT2D eigenvalue weighted by molar-refractivity contribution is 0.100. The quantitative estimate of drug-likeness (QED) is 0.560. The van der Waals surface area contributed by atoms with E-state index >= 15 is 0 Å². The molecule has 3 rings (SSSR count). The van der Waals surface area contributed by atoms with E-state index in [2.05, 4.69) is 4.98 Å². The first-order valence-electron chi connectivity index (χ1n) is 6.18. The highest BCUT2D eigenvalue weighted by atomic mass is 16.3. The van der Waals surface area contributed by atoms with E-state index in [0.29, 0.717) is 28.3 Å². The molecule has 4 N–H and O–H groups in total. The normalized spacial score (nSPS) is 10.8. The van der Waals surface area contributed by atoms with Crippen LogP contribution in [0.4, 0.5) is 5.69 Å². The SMILES string of the molecule is NCC(=O)c1cccc(N)c1-c1nc2ccccc2o1. The number of Topliss-reactive ketones (excluding diaryl/α,β-unsaturated/α-hetero) is 1. The van der Waals surface area contributed by atoms with Gasteiger partial charge in [-0.25, -0.2) is 4.98 Å². The van der Waals surface area contributed by atoms with E-state index in [1.807, 2.05) is 24.3 Å². The fourth-order valence-corrected chi connectivity index (χ4v) is 2.13. The van der Waals surface area contributed by atoms with Crippen molar-refractivity contribution < 1.29 is 9.21 Å². The van der Waals surface area contributed by atoms with Gasteiger partial charge < -0.3 is 15.9 Å². The van der Waals surface area contributed by atoms with Gasteiger partial charge in [0, 0.05) is 11.3 Å². The number of nitrogen functional groups attached to an aromatic ring is 1. The van der Waals surface area contributed by atoms with Crippen molar-refractivity contribution in [1.29, 1.82) is 0 Å². The summed E-state index contributed by atoms with van der Waals surface area (Å²) in [4.78, 5) is 16.3. The van der Waals surface area contributed by atoms with Crippen LogP contribution < -0.4 is 11.5 Å². The Labute approximate surface area is 115 Å². The Morgan fingerprint density at radius 2 is 1.95 bits per heavy atom. The summed E-state index contributed by atoms with van der Waals surface area (Å²) in [6.07, 6.45) is 0. The summed E-state index contributed by atoms with van der Waals surface area (Å²) < 4.78 is 5.69. The molecule has 0 bridgehead atoms. The monoisotopic (exact) mass is 267 g/mol. The molecule has 1 aromatic heterocycles. The number of anilines is 1. The largest absolute Gasteiger partial charge is 0.436 e. The number of rotatable bonds is 3. The Kier molecular flexibility index (Phi) is 2.96. The molecule has 0 amide bonds. The zero-order valence-corrected chi connectivity index (χ0v) is 10.7. The van der Waals surface area contributed by atoms with E-state index < -0.39 is 0 Å². The second kappa shape index (κ2) is 4.79. The molecule has 0 saturated heterocycles. The average molecular weight is 267 g/mol. The predicted molar refractivity (Wildman–Crippen MR) is 77.2 cm³/mol. The van der Waals surface area contributed by atoms with Crippen LogP contribution >= 0.6 is 0 Å². The molecule has 0 aliphatic rings. The number of benzene rings is 2. The molecule has 0 aliphatic heterocycles. The zero-order chi connectivity index (χ0) is 14.1. The van der Waals surface area contributed by atoms with Crippen LogP contribution in [0.3, 0.4) is 0 Å². The molecular weight excluding hydrogens is 254 g/mol. The van der Waals surface area contributed by atoms with E-state index in [9.17, 15) is 4.79 Å². The molecule has 100 valence electrons. The maximum Gasteiger partial charge on any atom is 0.230 e. The van der Waals surface area contributed by atoms with Gasteiger partial charge in [-0.05, 0) is 18.2 Å². The van der Waals surface area contributed by atoms with E-state index in [0.717, 1.165) is 5.52 Å². The standard InChI is InChI=1S/C15H13N3O2/c16-8-12(19)9-4-3-5-10(17)14(9)15-18-11-6-1-2-7-13(11)20-15/h1-7H,8,16-17H2. The van der Waals surface area contributed by atoms with Gasteiger partial charge in [0.05, 0.1) is 12.1 Å². The highest BCUT2D eigenvalue weighted by molar-refractivity contribution is 6.05. The van der Waals surface area contributed by atoms with Gasteiger partial charge >= 0.3 is 0 Å². The lowest BCUT2D eigenvalue weighted by Crippen LogP contribution is -2.15. The molecular formula is C15H13N3O2. The van der Waals surface area contributed by atoms with Crippen molar-refractivity contribution in [3.8, 4) is 11.5 Å². The first-order valence-corrected chi connectivity index (χ1v) is 6.18. The van der Waals surface area contributed by atoms with E-state index in [-0.39, 0.29) is 12.3 Å². The fourth-order valence-electron chi connectivity index (χ4n) is 2.13. The summed E-state index contributed by atoms with van der Waals surface area (Å²) in [7, 11) is 0. The Bertz CT molecular complexity index is 760. The molecule has 2 aromatic carbocycles. The number of nitrogens with two attached hydrogens (primary N) is 2. The second-order valence-electron chi connectivity index (χ2n) is 4.38. The first kappa shape index (κ1) is 12.4. The Hall–Kier alpha value is -2.66. The molecule has 1 heterocycles. The minimum absolute atomic E-state index is 0.0866. The Morgan fingerprint density at radius 3 is 2.70 bits per heavy atom.